The van der Waals surface area contributed by atoms with Crippen LogP contribution in [0.4, 0.5) is 0 Å². The highest BCUT2D eigenvalue weighted by molar-refractivity contribution is 5.67. The van der Waals surface area contributed by atoms with Crippen LogP contribution in [0.5, 0.6) is 5.88 Å². The van der Waals surface area contributed by atoms with E-state index in [-0.39, 0.29) is 6.61 Å². The zero-order valence-electron chi connectivity index (χ0n) is 12.1. The third-order valence-corrected chi connectivity index (χ3v) is 3.10. The van der Waals surface area contributed by atoms with E-state index in [0.717, 1.165) is 23.2 Å². The molecule has 0 unspecified atom stereocenters. The van der Waals surface area contributed by atoms with Gasteiger partial charge < -0.3 is 14.7 Å². The van der Waals surface area contributed by atoms with Gasteiger partial charge in [-0.3, -0.25) is 0 Å². The van der Waals surface area contributed by atoms with Gasteiger partial charge in [0.05, 0.1) is 13.7 Å². The molecular weight excluding hydrogens is 252 g/mol. The zero-order valence-corrected chi connectivity index (χ0v) is 12.1. The van der Waals surface area contributed by atoms with E-state index in [4.69, 9.17) is 4.74 Å². The van der Waals surface area contributed by atoms with Gasteiger partial charge in [-0.15, -0.1) is 0 Å². The average Bonchev–Trinajstić information content (AvgIpc) is 2.46. The third-order valence-electron chi connectivity index (χ3n) is 3.10. The number of hydrogen-bond donors (Lipinski definition) is 1. The predicted octanol–water partition coefficient (Wildman–Crippen LogP) is 2.31. The van der Waals surface area contributed by atoms with Crippen molar-refractivity contribution >= 4 is 0 Å². The van der Waals surface area contributed by atoms with Crippen LogP contribution in [0, 0.1) is 0 Å². The molecule has 1 aromatic carbocycles. The fourth-order valence-corrected chi connectivity index (χ4v) is 2.18. The Labute approximate surface area is 119 Å². The summed E-state index contributed by atoms with van der Waals surface area (Å²) in [6.45, 7) is 0.872. The summed E-state index contributed by atoms with van der Waals surface area (Å²) in [4.78, 5) is 6.31. The number of hydrogen-bond acceptors (Lipinski definition) is 4. The highest BCUT2D eigenvalue weighted by Crippen LogP contribution is 2.25. The minimum absolute atomic E-state index is 0.0165. The molecule has 20 heavy (non-hydrogen) atoms. The Morgan fingerprint density at radius 3 is 2.55 bits per heavy atom. The van der Waals surface area contributed by atoms with Gasteiger partial charge in [0.2, 0.25) is 5.88 Å². The Kier molecular flexibility index (Phi) is 4.71. The normalized spacial score (nSPS) is 10.8. The highest BCUT2D eigenvalue weighted by Gasteiger charge is 2.07. The van der Waals surface area contributed by atoms with Gasteiger partial charge in [0.25, 0.3) is 0 Å². The van der Waals surface area contributed by atoms with Crippen molar-refractivity contribution in [3.63, 3.8) is 0 Å². The van der Waals surface area contributed by atoms with Crippen LogP contribution in [0.1, 0.15) is 11.1 Å². The minimum Gasteiger partial charge on any atom is -0.481 e. The van der Waals surface area contributed by atoms with Gasteiger partial charge >= 0.3 is 0 Å². The summed E-state index contributed by atoms with van der Waals surface area (Å²) in [6.07, 6.45) is 1.76. The Bertz CT molecular complexity index is 565. The predicted molar refractivity (Wildman–Crippen MR) is 79.5 cm³/mol. The summed E-state index contributed by atoms with van der Waals surface area (Å²) < 4.78 is 5.06. The van der Waals surface area contributed by atoms with E-state index in [1.165, 1.54) is 5.56 Å². The number of aliphatic hydroxyl groups is 1. The highest BCUT2D eigenvalue weighted by atomic mass is 16.5. The molecule has 0 aliphatic rings. The molecule has 0 fully saturated rings. The number of aliphatic hydroxyl groups excluding tert-OH is 1. The molecule has 0 radical (unpaired) electrons. The number of nitrogens with zero attached hydrogens (tertiary/aromatic N) is 2. The molecular formula is C16H20N2O2. The molecule has 0 aliphatic heterocycles. The molecule has 4 heteroatoms. The first-order chi connectivity index (χ1) is 9.63. The van der Waals surface area contributed by atoms with Crippen molar-refractivity contribution in [2.75, 3.05) is 21.2 Å². The lowest BCUT2D eigenvalue weighted by Gasteiger charge is -2.13. The number of methoxy groups -OCH3 is 1. The molecule has 0 bridgehead atoms. The van der Waals surface area contributed by atoms with Gasteiger partial charge in [0, 0.05) is 24.4 Å². The Balaban J connectivity index is 2.35. The molecule has 2 rings (SSSR count). The molecule has 2 aromatic rings. The van der Waals surface area contributed by atoms with E-state index < -0.39 is 0 Å². The van der Waals surface area contributed by atoms with Crippen LogP contribution < -0.4 is 4.74 Å². The maximum Gasteiger partial charge on any atom is 0.212 e. The Morgan fingerprint density at radius 1 is 1.20 bits per heavy atom. The smallest absolute Gasteiger partial charge is 0.212 e. The lowest BCUT2D eigenvalue weighted by Crippen LogP contribution is -2.11. The van der Waals surface area contributed by atoms with Crippen LogP contribution in [-0.4, -0.2) is 36.2 Å². The quantitative estimate of drug-likeness (QED) is 0.907. The fraction of sp³-hybridized carbons (Fsp3) is 0.312. The van der Waals surface area contributed by atoms with Gasteiger partial charge in [-0.1, -0.05) is 18.2 Å². The van der Waals surface area contributed by atoms with Gasteiger partial charge in [-0.2, -0.15) is 0 Å². The topological polar surface area (TPSA) is 45.6 Å². The summed E-state index contributed by atoms with van der Waals surface area (Å²) in [5.74, 6) is 0.587. The van der Waals surface area contributed by atoms with E-state index in [1.54, 1.807) is 13.3 Å². The first-order valence-electron chi connectivity index (χ1n) is 6.52. The first-order valence-corrected chi connectivity index (χ1v) is 6.52. The van der Waals surface area contributed by atoms with Crippen molar-refractivity contribution in [3.8, 4) is 17.0 Å². The van der Waals surface area contributed by atoms with E-state index in [2.05, 4.69) is 16.0 Å². The average molecular weight is 272 g/mol. The second-order valence-corrected chi connectivity index (χ2v) is 4.98. The molecule has 4 nitrogen and oxygen atoms in total. The second kappa shape index (κ2) is 6.50. The number of ether oxygens (including phenoxy) is 1. The number of pyridine rings is 1. The third kappa shape index (κ3) is 3.35. The van der Waals surface area contributed by atoms with Crippen LogP contribution in [0.15, 0.2) is 36.5 Å². The summed E-state index contributed by atoms with van der Waals surface area (Å²) in [5.41, 5.74) is 4.08. The molecule has 0 saturated heterocycles. The first kappa shape index (κ1) is 14.5. The van der Waals surface area contributed by atoms with E-state index in [9.17, 15) is 5.11 Å². The fourth-order valence-electron chi connectivity index (χ4n) is 2.18. The molecule has 1 aromatic heterocycles. The standard InChI is InChI=1S/C16H20N2O2/c1-18(2)10-12-4-6-15(14(8-12)11-19)13-5-7-16(20-3)17-9-13/h4-9,19H,10-11H2,1-3H3. The van der Waals surface area contributed by atoms with Crippen molar-refractivity contribution in [1.82, 2.24) is 9.88 Å². The largest absolute Gasteiger partial charge is 0.481 e. The van der Waals surface area contributed by atoms with Crippen molar-refractivity contribution in [2.24, 2.45) is 0 Å². The van der Waals surface area contributed by atoms with E-state index in [0.29, 0.717) is 5.88 Å². The van der Waals surface area contributed by atoms with Crippen LogP contribution in [0.2, 0.25) is 0 Å². The monoisotopic (exact) mass is 272 g/mol. The van der Waals surface area contributed by atoms with E-state index in [1.807, 2.05) is 38.4 Å². The molecule has 1 heterocycles. The molecule has 0 saturated carbocycles. The van der Waals surface area contributed by atoms with Crippen LogP contribution in [-0.2, 0) is 13.2 Å². The lowest BCUT2D eigenvalue weighted by atomic mass is 9.99. The van der Waals surface area contributed by atoms with Crippen molar-refractivity contribution in [3.05, 3.63) is 47.7 Å². The molecule has 1 N–H and O–H groups in total. The Morgan fingerprint density at radius 2 is 2.00 bits per heavy atom. The SMILES string of the molecule is COc1ccc(-c2ccc(CN(C)C)cc2CO)cn1. The van der Waals surface area contributed by atoms with Crippen molar-refractivity contribution in [2.45, 2.75) is 13.2 Å². The number of aromatic nitrogens is 1. The molecule has 0 aliphatic carbocycles. The van der Waals surface area contributed by atoms with Crippen molar-refractivity contribution < 1.29 is 9.84 Å². The van der Waals surface area contributed by atoms with Crippen LogP contribution in [0.3, 0.4) is 0 Å². The summed E-state index contributed by atoms with van der Waals surface area (Å²) in [7, 11) is 5.65. The molecule has 0 atom stereocenters. The van der Waals surface area contributed by atoms with Crippen molar-refractivity contribution in [1.29, 1.82) is 0 Å². The van der Waals surface area contributed by atoms with Gasteiger partial charge in [-0.05, 0) is 36.9 Å². The summed E-state index contributed by atoms with van der Waals surface area (Å²) >= 11 is 0. The number of benzene rings is 1. The maximum absolute atomic E-state index is 9.58. The van der Waals surface area contributed by atoms with Gasteiger partial charge in [0.1, 0.15) is 0 Å². The minimum atomic E-state index is 0.0165. The summed E-state index contributed by atoms with van der Waals surface area (Å²) in [6, 6.07) is 9.93. The van der Waals surface area contributed by atoms with Gasteiger partial charge in [-0.25, -0.2) is 4.98 Å². The maximum atomic E-state index is 9.58. The lowest BCUT2D eigenvalue weighted by molar-refractivity contribution is 0.282. The molecule has 0 spiro atoms. The van der Waals surface area contributed by atoms with E-state index >= 15 is 0 Å². The number of rotatable bonds is 5. The van der Waals surface area contributed by atoms with Gasteiger partial charge in [0.15, 0.2) is 0 Å². The molecule has 0 amide bonds. The summed E-state index contributed by atoms with van der Waals surface area (Å²) in [5, 5.41) is 9.58. The van der Waals surface area contributed by atoms with Crippen LogP contribution >= 0.6 is 0 Å². The van der Waals surface area contributed by atoms with Crippen LogP contribution in [0.25, 0.3) is 11.1 Å². The second-order valence-electron chi connectivity index (χ2n) is 4.98. The Hall–Kier alpha value is -1.91. The molecule has 106 valence electrons. The zero-order chi connectivity index (χ0) is 14.5.